The number of fused-ring (bicyclic) bond motifs is 12. The first kappa shape index (κ1) is 44.5. The minimum atomic E-state index is 0.803. The highest BCUT2D eigenvalue weighted by atomic mass is 15.1. The molecule has 3 nitrogen and oxygen atoms in total. The molecule has 0 unspecified atom stereocenters. The zero-order valence-electron chi connectivity index (χ0n) is 42.4. The highest BCUT2D eigenvalue weighted by Gasteiger charge is 2.23. The van der Waals surface area contributed by atoms with Crippen molar-refractivity contribution in [3.63, 3.8) is 0 Å². The zero-order chi connectivity index (χ0) is 50.8. The molecule has 77 heavy (non-hydrogen) atoms. The summed E-state index contributed by atoms with van der Waals surface area (Å²) in [6, 6.07) is 105. The predicted octanol–water partition coefficient (Wildman–Crippen LogP) is 19.5. The SMILES string of the molecule is c1ccc(N(c2ccc(-c3cc(-c4ccc5c(c4)c4ccccc4n5-c4ccccc4)c4c(c3)c3ccccc3n4-c3ccccc3)cc2)c2ccc3c(c2)Cc2ccccc2-c2ccccc2Cc2ccccc2-3)cc1. The molecule has 0 saturated heterocycles. The van der Waals surface area contributed by atoms with Gasteiger partial charge in [0.2, 0.25) is 0 Å². The number of para-hydroxylation sites is 5. The lowest BCUT2D eigenvalue weighted by Gasteiger charge is -2.27. The van der Waals surface area contributed by atoms with Gasteiger partial charge >= 0.3 is 0 Å². The van der Waals surface area contributed by atoms with E-state index in [4.69, 9.17) is 0 Å². The van der Waals surface area contributed by atoms with Crippen molar-refractivity contribution in [1.82, 2.24) is 9.13 Å². The molecule has 12 aromatic carbocycles. The lowest BCUT2D eigenvalue weighted by molar-refractivity contribution is 1.14. The van der Waals surface area contributed by atoms with Crippen LogP contribution < -0.4 is 4.90 Å². The molecule has 0 atom stereocenters. The number of anilines is 3. The maximum absolute atomic E-state index is 2.46. The largest absolute Gasteiger partial charge is 0.310 e. The Kier molecular flexibility index (Phi) is 10.7. The first-order valence-corrected chi connectivity index (χ1v) is 26.7. The van der Waals surface area contributed by atoms with Crippen molar-refractivity contribution in [2.75, 3.05) is 4.90 Å². The third kappa shape index (κ3) is 7.58. The van der Waals surface area contributed by atoms with Gasteiger partial charge in [0.15, 0.2) is 0 Å². The third-order valence-electron chi connectivity index (χ3n) is 16.0. The van der Waals surface area contributed by atoms with Crippen molar-refractivity contribution in [3.05, 3.63) is 307 Å². The second kappa shape index (κ2) is 18.5. The number of rotatable bonds is 7. The molecule has 0 saturated carbocycles. The normalized spacial score (nSPS) is 12.1. The summed E-state index contributed by atoms with van der Waals surface area (Å²) in [5, 5.41) is 4.91. The maximum atomic E-state index is 2.46. The van der Waals surface area contributed by atoms with E-state index < -0.39 is 0 Å². The van der Waals surface area contributed by atoms with Crippen LogP contribution in [0.15, 0.2) is 285 Å². The summed E-state index contributed by atoms with van der Waals surface area (Å²) < 4.78 is 4.86. The molecule has 0 fully saturated rings. The molecule has 0 radical (unpaired) electrons. The van der Waals surface area contributed by atoms with Gasteiger partial charge in [-0.3, -0.25) is 0 Å². The quantitative estimate of drug-likeness (QED) is 0.155. The number of hydrogen-bond acceptors (Lipinski definition) is 1. The number of aromatic nitrogens is 2. The van der Waals surface area contributed by atoms with E-state index in [-0.39, 0.29) is 0 Å². The van der Waals surface area contributed by atoms with Crippen LogP contribution in [0.25, 0.3) is 99.5 Å². The minimum Gasteiger partial charge on any atom is -0.310 e. The minimum absolute atomic E-state index is 0.803. The second-order valence-electron chi connectivity index (χ2n) is 20.4. The van der Waals surface area contributed by atoms with Gasteiger partial charge in [0.05, 0.1) is 22.1 Å². The molecule has 362 valence electrons. The van der Waals surface area contributed by atoms with Crippen LogP contribution in [-0.4, -0.2) is 9.13 Å². The van der Waals surface area contributed by atoms with Crippen LogP contribution >= 0.6 is 0 Å². The molecule has 1 aliphatic carbocycles. The third-order valence-corrected chi connectivity index (χ3v) is 16.0. The topological polar surface area (TPSA) is 13.1 Å². The standard InChI is InChI=1S/C74H51N3/c1-4-23-57(24-5-1)75(61-41-42-65-56(46-61)45-53-22-12-14-30-63(53)62-29-13-10-20-51(62)44-52-21-11-15-31-64(52)65)60-39-36-50(37-40-60)55-48-68(74-70(49-55)67-33-17-19-35-72(67)77(74)59-27-8-3-9-28-59)54-38-43-73-69(47-54)66-32-16-18-34-71(66)76(73)58-25-6-2-7-26-58/h1-43,46-49H,44-45H2. The Balaban J connectivity index is 0.894. The van der Waals surface area contributed by atoms with Crippen LogP contribution in [0.3, 0.4) is 0 Å². The van der Waals surface area contributed by atoms with Crippen LogP contribution in [0.1, 0.15) is 22.3 Å². The molecule has 14 aromatic rings. The molecule has 0 amide bonds. The van der Waals surface area contributed by atoms with Crippen LogP contribution in [0.2, 0.25) is 0 Å². The molecule has 3 heteroatoms. The highest BCUT2D eigenvalue weighted by Crippen LogP contribution is 2.46. The summed E-state index contributed by atoms with van der Waals surface area (Å²) >= 11 is 0. The van der Waals surface area contributed by atoms with Crippen LogP contribution in [-0.2, 0) is 12.8 Å². The van der Waals surface area contributed by atoms with E-state index in [9.17, 15) is 0 Å². The summed E-state index contributed by atoms with van der Waals surface area (Å²) in [6.45, 7) is 0. The lowest BCUT2D eigenvalue weighted by atomic mass is 9.84. The first-order valence-electron chi connectivity index (χ1n) is 26.7. The predicted molar refractivity (Wildman–Crippen MR) is 324 cm³/mol. The van der Waals surface area contributed by atoms with E-state index in [1.807, 2.05) is 0 Å². The van der Waals surface area contributed by atoms with Crippen molar-refractivity contribution < 1.29 is 0 Å². The van der Waals surface area contributed by atoms with Gasteiger partial charge in [0, 0.05) is 55.5 Å². The Labute approximate surface area is 448 Å². The first-order chi connectivity index (χ1) is 38.2. The summed E-state index contributed by atoms with van der Waals surface area (Å²) in [5.74, 6) is 0. The van der Waals surface area contributed by atoms with Crippen molar-refractivity contribution in [1.29, 1.82) is 0 Å². The number of nitrogens with zero attached hydrogens (tertiary/aromatic N) is 3. The van der Waals surface area contributed by atoms with Crippen LogP contribution in [0.5, 0.6) is 0 Å². The molecule has 2 heterocycles. The smallest absolute Gasteiger partial charge is 0.0619 e. The van der Waals surface area contributed by atoms with Crippen LogP contribution in [0, 0.1) is 0 Å². The van der Waals surface area contributed by atoms with E-state index in [1.54, 1.807) is 0 Å². The van der Waals surface area contributed by atoms with Gasteiger partial charge < -0.3 is 14.0 Å². The molecule has 0 spiro atoms. The monoisotopic (exact) mass is 981 g/mol. The summed E-state index contributed by atoms with van der Waals surface area (Å²) in [6.07, 6.45) is 1.67. The van der Waals surface area contributed by atoms with Gasteiger partial charge in [-0.05, 0) is 171 Å². The summed E-state index contributed by atoms with van der Waals surface area (Å²) in [4.78, 5) is 2.42. The van der Waals surface area contributed by atoms with Gasteiger partial charge in [-0.1, -0.05) is 188 Å². The Morgan fingerprint density at radius 1 is 0.247 bits per heavy atom. The Bertz CT molecular complexity index is 4550. The number of hydrogen-bond donors (Lipinski definition) is 0. The molecule has 15 rings (SSSR count). The fraction of sp³-hybridized carbons (Fsp3) is 0.0270. The molecular weight excluding hydrogens is 931 g/mol. The molecule has 2 aromatic heterocycles. The van der Waals surface area contributed by atoms with Gasteiger partial charge in [0.1, 0.15) is 0 Å². The molecule has 1 aliphatic rings. The second-order valence-corrected chi connectivity index (χ2v) is 20.4. The molecular formula is C74H51N3. The van der Waals surface area contributed by atoms with Crippen molar-refractivity contribution >= 4 is 60.7 Å². The molecule has 0 aliphatic heterocycles. The molecule has 0 bridgehead atoms. The lowest BCUT2D eigenvalue weighted by Crippen LogP contribution is -2.11. The van der Waals surface area contributed by atoms with Gasteiger partial charge in [-0.25, -0.2) is 0 Å². The number of benzene rings is 12. The van der Waals surface area contributed by atoms with E-state index in [0.717, 1.165) is 46.8 Å². The van der Waals surface area contributed by atoms with E-state index in [0.29, 0.717) is 0 Å². The van der Waals surface area contributed by atoms with Gasteiger partial charge in [-0.2, -0.15) is 0 Å². The van der Waals surface area contributed by atoms with E-state index in [1.165, 1.54) is 105 Å². The Hall–Kier alpha value is -9.96. The zero-order valence-corrected chi connectivity index (χ0v) is 42.4. The maximum Gasteiger partial charge on any atom is 0.0619 e. The van der Waals surface area contributed by atoms with Gasteiger partial charge in [-0.15, -0.1) is 0 Å². The molecule has 0 N–H and O–H groups in total. The van der Waals surface area contributed by atoms with E-state index >= 15 is 0 Å². The van der Waals surface area contributed by atoms with Crippen molar-refractivity contribution in [2.24, 2.45) is 0 Å². The van der Waals surface area contributed by atoms with Crippen molar-refractivity contribution in [3.8, 4) is 55.9 Å². The fourth-order valence-corrected chi connectivity index (χ4v) is 12.5. The Morgan fingerprint density at radius 3 is 1.32 bits per heavy atom. The average Bonchev–Trinajstić information content (AvgIpc) is 4.25. The average molecular weight is 982 g/mol. The van der Waals surface area contributed by atoms with Gasteiger partial charge in [0.25, 0.3) is 0 Å². The van der Waals surface area contributed by atoms with Crippen LogP contribution in [0.4, 0.5) is 17.1 Å². The van der Waals surface area contributed by atoms with Crippen molar-refractivity contribution in [2.45, 2.75) is 12.8 Å². The summed E-state index contributed by atoms with van der Waals surface area (Å²) in [5.41, 5.74) is 25.6. The Morgan fingerprint density at radius 2 is 0.688 bits per heavy atom. The van der Waals surface area contributed by atoms with E-state index in [2.05, 4.69) is 299 Å². The summed E-state index contributed by atoms with van der Waals surface area (Å²) in [7, 11) is 0. The highest BCUT2D eigenvalue weighted by molar-refractivity contribution is 6.17. The fourth-order valence-electron chi connectivity index (χ4n) is 12.5.